The molecular weight excluding hydrogens is 361 g/mol. The Morgan fingerprint density at radius 1 is 1.19 bits per heavy atom. The zero-order valence-electron chi connectivity index (χ0n) is 16.0. The quantitative estimate of drug-likeness (QED) is 0.596. The summed E-state index contributed by atoms with van der Waals surface area (Å²) in [5, 5.41) is 8.05. The number of hydrogen-bond acceptors (Lipinski definition) is 3. The summed E-state index contributed by atoms with van der Waals surface area (Å²) in [6.07, 6.45) is -3.84. The van der Waals surface area contributed by atoms with Crippen molar-refractivity contribution in [3.05, 3.63) is 23.8 Å². The highest BCUT2D eigenvalue weighted by Gasteiger charge is 2.28. The van der Waals surface area contributed by atoms with Gasteiger partial charge in [-0.05, 0) is 44.6 Å². The molecule has 0 aliphatic heterocycles. The molecule has 0 aromatic heterocycles. The Morgan fingerprint density at radius 3 is 2.44 bits per heavy atom. The van der Waals surface area contributed by atoms with Gasteiger partial charge < -0.3 is 16.0 Å². The van der Waals surface area contributed by atoms with Crippen molar-refractivity contribution >= 4 is 23.3 Å². The van der Waals surface area contributed by atoms with Crippen LogP contribution in [0.5, 0.6) is 0 Å². The van der Waals surface area contributed by atoms with E-state index in [1.54, 1.807) is 32.0 Å². The van der Waals surface area contributed by atoms with Crippen LogP contribution in [-0.4, -0.2) is 49.7 Å². The van der Waals surface area contributed by atoms with Crippen molar-refractivity contribution in [2.75, 3.05) is 37.3 Å². The lowest BCUT2D eigenvalue weighted by Gasteiger charge is -2.18. The summed E-state index contributed by atoms with van der Waals surface area (Å²) in [5.74, 6) is -0.293. The average Bonchev–Trinajstić information content (AvgIpc) is 2.53. The zero-order valence-corrected chi connectivity index (χ0v) is 16.0. The Bertz CT molecular complexity index is 648. The van der Waals surface area contributed by atoms with E-state index < -0.39 is 18.8 Å². The van der Waals surface area contributed by atoms with Gasteiger partial charge in [-0.1, -0.05) is 19.9 Å². The minimum Gasteiger partial charge on any atom is -0.338 e. The van der Waals surface area contributed by atoms with E-state index in [9.17, 15) is 22.8 Å². The number of rotatable bonds is 8. The monoisotopic (exact) mass is 388 g/mol. The van der Waals surface area contributed by atoms with Crippen LogP contribution in [0.25, 0.3) is 0 Å². The molecule has 0 atom stereocenters. The van der Waals surface area contributed by atoms with E-state index in [-0.39, 0.29) is 24.9 Å². The van der Waals surface area contributed by atoms with E-state index in [1.165, 1.54) is 7.05 Å². The lowest BCUT2D eigenvalue weighted by atomic mass is 10.1. The molecule has 0 spiro atoms. The smallest absolute Gasteiger partial charge is 0.338 e. The lowest BCUT2D eigenvalue weighted by Crippen LogP contribution is -2.35. The molecule has 0 saturated heterocycles. The summed E-state index contributed by atoms with van der Waals surface area (Å²) in [6.45, 7) is 4.86. The van der Waals surface area contributed by atoms with Crippen LogP contribution in [0.2, 0.25) is 0 Å². The third-order valence-electron chi connectivity index (χ3n) is 3.73. The topological polar surface area (TPSA) is 73.5 Å². The molecule has 9 heteroatoms. The number of carbonyl (C=O) groups is 2. The molecule has 0 unspecified atom stereocenters. The normalized spacial score (nSPS) is 11.6. The Kier molecular flexibility index (Phi) is 8.55. The van der Waals surface area contributed by atoms with Gasteiger partial charge in [0.25, 0.3) is 0 Å². The minimum absolute atomic E-state index is 0.128. The van der Waals surface area contributed by atoms with Crippen LogP contribution >= 0.6 is 0 Å². The summed E-state index contributed by atoms with van der Waals surface area (Å²) < 4.78 is 36.7. The number of urea groups is 1. The molecule has 0 saturated carbocycles. The third kappa shape index (κ3) is 9.28. The number of hydrogen-bond donors (Lipinski definition) is 3. The van der Waals surface area contributed by atoms with Gasteiger partial charge in [-0.25, -0.2) is 4.79 Å². The van der Waals surface area contributed by atoms with Crippen LogP contribution < -0.4 is 16.0 Å². The summed E-state index contributed by atoms with van der Waals surface area (Å²) >= 11 is 0. The van der Waals surface area contributed by atoms with Crippen molar-refractivity contribution in [2.45, 2.75) is 33.4 Å². The summed E-state index contributed by atoms with van der Waals surface area (Å²) in [7, 11) is 1.38. The second-order valence-corrected chi connectivity index (χ2v) is 6.76. The summed E-state index contributed by atoms with van der Waals surface area (Å²) in [5.41, 5.74) is 1.93. The highest BCUT2D eigenvalue weighted by molar-refractivity contribution is 5.94. The maximum absolute atomic E-state index is 12.2. The Morgan fingerprint density at radius 2 is 1.85 bits per heavy atom. The van der Waals surface area contributed by atoms with Crippen molar-refractivity contribution in [3.8, 4) is 0 Å². The third-order valence-corrected chi connectivity index (χ3v) is 3.73. The standard InChI is InChI=1S/C18H27F3N4O2/c1-12(2)16(26)23-14-7-6-13(3)15(10-14)24-17(27)22-8-5-9-25(4)11-18(19,20)21/h6-7,10,12H,5,8-9,11H2,1-4H3,(H,23,26)(H2,22,24,27). The first-order valence-corrected chi connectivity index (χ1v) is 8.69. The highest BCUT2D eigenvalue weighted by atomic mass is 19.4. The largest absolute Gasteiger partial charge is 0.401 e. The molecule has 0 bridgehead atoms. The molecule has 0 radical (unpaired) electrons. The van der Waals surface area contributed by atoms with E-state index in [0.717, 1.165) is 10.5 Å². The Balaban J connectivity index is 2.46. The number of halogens is 3. The Labute approximate surface area is 157 Å². The number of nitrogens with zero attached hydrogens (tertiary/aromatic N) is 1. The van der Waals surface area contributed by atoms with Gasteiger partial charge in [0.1, 0.15) is 0 Å². The van der Waals surface area contributed by atoms with Gasteiger partial charge in [0.15, 0.2) is 0 Å². The van der Waals surface area contributed by atoms with Crippen LogP contribution in [0.1, 0.15) is 25.8 Å². The molecule has 3 N–H and O–H groups in total. The van der Waals surface area contributed by atoms with Gasteiger partial charge in [0.2, 0.25) is 5.91 Å². The second-order valence-electron chi connectivity index (χ2n) is 6.76. The second kappa shape index (κ2) is 10.1. The average molecular weight is 388 g/mol. The van der Waals surface area contributed by atoms with Crippen LogP contribution in [0.3, 0.4) is 0 Å². The first-order valence-electron chi connectivity index (χ1n) is 8.69. The number of anilines is 2. The van der Waals surface area contributed by atoms with Crippen molar-refractivity contribution in [1.82, 2.24) is 10.2 Å². The van der Waals surface area contributed by atoms with E-state index in [2.05, 4.69) is 16.0 Å². The maximum atomic E-state index is 12.2. The molecule has 6 nitrogen and oxygen atoms in total. The fourth-order valence-corrected chi connectivity index (χ4v) is 2.22. The van der Waals surface area contributed by atoms with Crippen LogP contribution in [0.4, 0.5) is 29.3 Å². The van der Waals surface area contributed by atoms with Gasteiger partial charge in [-0.3, -0.25) is 9.69 Å². The SMILES string of the molecule is Cc1ccc(NC(=O)C(C)C)cc1NC(=O)NCCCN(C)CC(F)(F)F. The van der Waals surface area contributed by atoms with E-state index in [0.29, 0.717) is 17.8 Å². The van der Waals surface area contributed by atoms with E-state index in [1.807, 2.05) is 6.92 Å². The van der Waals surface area contributed by atoms with Crippen LogP contribution in [0.15, 0.2) is 18.2 Å². The molecule has 0 aliphatic carbocycles. The first-order chi connectivity index (χ1) is 12.5. The van der Waals surface area contributed by atoms with Crippen LogP contribution in [0, 0.1) is 12.8 Å². The summed E-state index contributed by atoms with van der Waals surface area (Å²) in [4.78, 5) is 24.9. The molecular formula is C18H27F3N4O2. The molecule has 0 fully saturated rings. The number of amides is 3. The van der Waals surface area contributed by atoms with E-state index in [4.69, 9.17) is 0 Å². The first kappa shape index (κ1) is 22.8. The van der Waals surface area contributed by atoms with Gasteiger partial charge in [-0.2, -0.15) is 13.2 Å². The van der Waals surface area contributed by atoms with Gasteiger partial charge in [-0.15, -0.1) is 0 Å². The molecule has 27 heavy (non-hydrogen) atoms. The van der Waals surface area contributed by atoms with Gasteiger partial charge in [0.05, 0.1) is 6.54 Å². The number of alkyl halides is 3. The molecule has 3 amide bonds. The number of benzene rings is 1. The fourth-order valence-electron chi connectivity index (χ4n) is 2.22. The molecule has 0 heterocycles. The van der Waals surface area contributed by atoms with Gasteiger partial charge >= 0.3 is 12.2 Å². The molecule has 152 valence electrons. The number of aryl methyl sites for hydroxylation is 1. The maximum Gasteiger partial charge on any atom is 0.401 e. The predicted molar refractivity (Wildman–Crippen MR) is 99.8 cm³/mol. The molecule has 1 aromatic rings. The Hall–Kier alpha value is -2.29. The van der Waals surface area contributed by atoms with Crippen molar-refractivity contribution in [2.24, 2.45) is 5.92 Å². The van der Waals surface area contributed by atoms with Crippen LogP contribution in [-0.2, 0) is 4.79 Å². The number of carbonyl (C=O) groups excluding carboxylic acids is 2. The minimum atomic E-state index is -4.23. The summed E-state index contributed by atoms with van der Waals surface area (Å²) in [6, 6.07) is 4.72. The molecule has 0 aliphatic rings. The van der Waals surface area contributed by atoms with Gasteiger partial charge in [0, 0.05) is 23.8 Å². The molecule has 1 aromatic carbocycles. The van der Waals surface area contributed by atoms with Crippen molar-refractivity contribution in [3.63, 3.8) is 0 Å². The molecule has 1 rings (SSSR count). The lowest BCUT2D eigenvalue weighted by molar-refractivity contribution is -0.143. The van der Waals surface area contributed by atoms with Crippen molar-refractivity contribution in [1.29, 1.82) is 0 Å². The zero-order chi connectivity index (χ0) is 20.6. The van der Waals surface area contributed by atoms with E-state index >= 15 is 0 Å². The number of nitrogens with one attached hydrogen (secondary N) is 3. The fraction of sp³-hybridized carbons (Fsp3) is 0.556. The predicted octanol–water partition coefficient (Wildman–Crippen LogP) is 3.60. The highest BCUT2D eigenvalue weighted by Crippen LogP contribution is 2.21. The van der Waals surface area contributed by atoms with Crippen molar-refractivity contribution < 1.29 is 22.8 Å².